The molecule has 4 atom stereocenters. The normalized spacial score (nSPS) is 12.4. The van der Waals surface area contributed by atoms with Crippen LogP contribution in [0.4, 0.5) is 10.5 Å². The number of carbonyl (C=O) groups is 12. The molecule has 5 aromatic carbocycles. The van der Waals surface area contributed by atoms with Crippen molar-refractivity contribution in [2.24, 2.45) is 5.92 Å². The van der Waals surface area contributed by atoms with Crippen LogP contribution in [0.1, 0.15) is 106 Å². The van der Waals surface area contributed by atoms with E-state index in [-0.39, 0.29) is 102 Å². The summed E-state index contributed by atoms with van der Waals surface area (Å²) in [6.07, 6.45) is 9.32. The van der Waals surface area contributed by atoms with Crippen LogP contribution in [0.2, 0.25) is 0 Å². The number of benzene rings is 5. The van der Waals surface area contributed by atoms with Crippen molar-refractivity contribution in [2.45, 2.75) is 112 Å². The maximum absolute atomic E-state index is 14.3. The molecule has 3 aromatic heterocycles. The van der Waals surface area contributed by atoms with Crippen molar-refractivity contribution in [1.82, 2.24) is 89.1 Å². The summed E-state index contributed by atoms with van der Waals surface area (Å²) in [5.74, 6) is -6.77. The van der Waals surface area contributed by atoms with Crippen molar-refractivity contribution in [3.05, 3.63) is 198 Å². The number of ether oxygens (including phenoxy) is 1. The molecule has 0 saturated carbocycles. The zero-order chi connectivity index (χ0) is 90.6. The van der Waals surface area contributed by atoms with Gasteiger partial charge in [-0.3, -0.25) is 52.7 Å². The molecule has 16 N–H and O–H groups in total. The van der Waals surface area contributed by atoms with Gasteiger partial charge in [0.25, 0.3) is 0 Å². The van der Waals surface area contributed by atoms with Crippen molar-refractivity contribution in [3.63, 3.8) is 0 Å². The Morgan fingerprint density at radius 1 is 0.370 bits per heavy atom. The molecule has 2 aliphatic heterocycles. The van der Waals surface area contributed by atoms with Crippen molar-refractivity contribution in [1.29, 1.82) is 0 Å². The lowest BCUT2D eigenvalue weighted by molar-refractivity contribution is -0.133. The van der Waals surface area contributed by atoms with E-state index >= 15 is 0 Å². The molecule has 8 bridgehead atoms. The highest BCUT2D eigenvalue weighted by atomic mass is 35.6. The van der Waals surface area contributed by atoms with E-state index in [9.17, 15) is 57.5 Å². The van der Waals surface area contributed by atoms with Crippen LogP contribution in [-0.2, 0) is 63.9 Å². The molecule has 668 valence electrons. The van der Waals surface area contributed by atoms with Gasteiger partial charge in [0.05, 0.1) is 55.5 Å². The van der Waals surface area contributed by atoms with E-state index in [4.69, 9.17) is 49.5 Å². The molecule has 0 spiro atoms. The molecule has 10 rings (SSSR count). The Kier molecular flexibility index (Phi) is 37.1. The molecule has 0 unspecified atom stereocenters. The van der Waals surface area contributed by atoms with Crippen LogP contribution in [-0.4, -0.2) is 199 Å². The molecule has 0 saturated heterocycles. The average molecular weight is 1790 g/mol. The van der Waals surface area contributed by atoms with E-state index in [2.05, 4.69) is 151 Å². The van der Waals surface area contributed by atoms with Gasteiger partial charge in [0.2, 0.25) is 68.8 Å². The second-order valence-electron chi connectivity index (χ2n) is 30.7. The first-order chi connectivity index (χ1) is 61.3. The second-order valence-corrected chi connectivity index (χ2v) is 33.2. The van der Waals surface area contributed by atoms with E-state index in [1.165, 1.54) is 7.05 Å². The number of nitrogens with one attached hydrogen (secondary N) is 16. The number of fused-ring (bicyclic) bond motifs is 8. The summed E-state index contributed by atoms with van der Waals surface area (Å²) < 4.78 is 3.04. The average Bonchev–Trinajstić information content (AvgIpc) is 1.62. The molecule has 127 heavy (non-hydrogen) atoms. The number of nitrogens with zero attached hydrogens (tertiary/aromatic N) is 2. The predicted octanol–water partition coefficient (Wildman–Crippen LogP) is 9.23. The Hall–Kier alpha value is -13.1. The minimum atomic E-state index is -1.82. The molecule has 0 fully saturated rings. The number of alkyl halides is 3. The number of anilines is 1. The van der Waals surface area contributed by atoms with Gasteiger partial charge in [0.15, 0.2) is 0 Å². The zero-order valence-electron chi connectivity index (χ0n) is 71.0. The standard InChI is InChI=1S/C93H107Cl3N18O13/c1-58(2)50-75(90(124)105-55-82(120)111-73(88(122)101-49-48-100-79(117)52-97-3)30-19-21-47-102-92(126)127-57-93(94,95)96)114-91(125)76(51-59-22-10-5-11-23-59)113-83(121)56-104-89(123)74(112-80(118)53-98-4)44-45-78(116)99-46-20-9-18-31-77(115)103-54-81(119)106-64-34-32-63(33-35-64)87-71-42-40-69(109-71)85(61-26-14-7-15-27-61)67-38-36-65(107-67)84(60-24-12-6-13-25-60)66-37-39-68(108-66)86(62-28-16-8-17-29-62)70-41-43-72(87)110-70/h5-8,10-17,22-29,32-43,58,73-76,97-98,107,110H,9,18-21,30-31,44-57H2,1-4H3,(H,99,116)(H,100,117)(H,101,122)(H,102,126)(H,103,115)(H,104,123)(H,105,124)(H,106,119)(H,111,120)(H,112,118)(H,113,121)(H,114,125)/t73-,74-,75-,76-/m0/s1. The van der Waals surface area contributed by atoms with Crippen LogP contribution in [0.25, 0.3) is 90.9 Å². The van der Waals surface area contributed by atoms with Gasteiger partial charge in [-0.2, -0.15) is 0 Å². The number of alkyl carbamates (subject to hydrolysis) is 1. The van der Waals surface area contributed by atoms with Gasteiger partial charge in [-0.15, -0.1) is 0 Å². The van der Waals surface area contributed by atoms with Crippen LogP contribution >= 0.6 is 34.8 Å². The van der Waals surface area contributed by atoms with Gasteiger partial charge in [-0.1, -0.05) is 189 Å². The fraction of sp³-hybridized carbons (Fsp3) is 0.333. The summed E-state index contributed by atoms with van der Waals surface area (Å²) >= 11 is 16.9. The summed E-state index contributed by atoms with van der Waals surface area (Å²) in [6, 6.07) is 50.1. The van der Waals surface area contributed by atoms with Gasteiger partial charge in [0.1, 0.15) is 30.8 Å². The van der Waals surface area contributed by atoms with Gasteiger partial charge in [-0.05, 0) is 153 Å². The largest absolute Gasteiger partial charge is 0.445 e. The summed E-state index contributed by atoms with van der Waals surface area (Å²) in [5.41, 5.74) is 15.0. The summed E-state index contributed by atoms with van der Waals surface area (Å²) in [5, 5.41) is 37.2. The van der Waals surface area contributed by atoms with E-state index in [0.717, 1.165) is 83.7 Å². The first-order valence-electron chi connectivity index (χ1n) is 42.1. The van der Waals surface area contributed by atoms with Crippen molar-refractivity contribution in [2.75, 3.05) is 84.9 Å². The number of carbonyl (C=O) groups excluding carboxylic acids is 12. The monoisotopic (exact) mass is 1790 g/mol. The number of hydrogen-bond acceptors (Lipinski definition) is 17. The highest BCUT2D eigenvalue weighted by Gasteiger charge is 2.31. The smallest absolute Gasteiger partial charge is 0.407 e. The van der Waals surface area contributed by atoms with Crippen LogP contribution in [0.15, 0.2) is 170 Å². The predicted molar refractivity (Wildman–Crippen MR) is 494 cm³/mol. The van der Waals surface area contributed by atoms with Crippen molar-refractivity contribution >= 4 is 158 Å². The number of aromatic nitrogens is 4. The zero-order valence-corrected chi connectivity index (χ0v) is 73.3. The first kappa shape index (κ1) is 96.1. The molecule has 5 heterocycles. The van der Waals surface area contributed by atoms with Gasteiger partial charge < -0.3 is 89.1 Å². The number of amides is 12. The van der Waals surface area contributed by atoms with Gasteiger partial charge >= 0.3 is 6.09 Å². The lowest BCUT2D eigenvalue weighted by Gasteiger charge is -2.25. The van der Waals surface area contributed by atoms with Gasteiger partial charge in [0, 0.05) is 95.4 Å². The minimum Gasteiger partial charge on any atom is -0.445 e. The molecule has 12 amide bonds. The molecule has 0 aliphatic carbocycles. The molecule has 8 aromatic rings. The van der Waals surface area contributed by atoms with Crippen molar-refractivity contribution < 1.29 is 62.3 Å². The Balaban J connectivity index is 0.690. The molecule has 0 radical (unpaired) electrons. The lowest BCUT2D eigenvalue weighted by Crippen LogP contribution is -2.57. The Labute approximate surface area is 750 Å². The third-order valence-electron chi connectivity index (χ3n) is 20.3. The van der Waals surface area contributed by atoms with E-state index in [1.807, 2.05) is 97.1 Å². The summed E-state index contributed by atoms with van der Waals surface area (Å²) in [6.45, 7) is 1.86. The first-order valence-corrected chi connectivity index (χ1v) is 43.3. The summed E-state index contributed by atoms with van der Waals surface area (Å²) in [4.78, 5) is 177. The van der Waals surface area contributed by atoms with Crippen LogP contribution in [0, 0.1) is 5.92 Å². The number of H-pyrrole nitrogens is 2. The Morgan fingerprint density at radius 2 is 0.787 bits per heavy atom. The maximum atomic E-state index is 14.3. The summed E-state index contributed by atoms with van der Waals surface area (Å²) in [7, 11) is 3.13. The number of hydrogen-bond donors (Lipinski definition) is 16. The number of unbranched alkanes of at least 4 members (excludes halogenated alkanes) is 3. The topological polar surface area (TPSA) is 440 Å². The number of halogens is 3. The fourth-order valence-corrected chi connectivity index (χ4v) is 14.4. The SMILES string of the molecule is CNCC(=O)NCCNC(=O)[C@H](CCCCNC(=O)OCC(Cl)(Cl)Cl)NC(=O)CNC(=O)[C@H](CC(C)C)NC(=O)[C@H](Cc1ccccc1)NC(=O)CNC(=O)[C@H](CCC(=O)NCCCCCC(=O)NCC(=O)Nc1ccc(-c2c3nc(c(-c4ccccc4)c4ccc([nH]4)c(-c4ccccc4)c4nc(c(-c5ccccc5)c5ccc2[nH]5)C=C4)C=C3)cc1)NC(=O)CNC. The number of rotatable bonds is 45. The fourth-order valence-electron chi connectivity index (χ4n) is 14.3. The molecular formula is C93H107Cl3N18O13. The number of likely N-dealkylation sites (N-methyl/N-ethyl adjacent to an activating group) is 2. The van der Waals surface area contributed by atoms with E-state index in [1.54, 1.807) is 51.2 Å². The third kappa shape index (κ3) is 30.7. The third-order valence-corrected chi connectivity index (χ3v) is 20.6. The van der Waals surface area contributed by atoms with Crippen LogP contribution < -0.4 is 74.4 Å². The second kappa shape index (κ2) is 49.0. The molecule has 31 nitrogen and oxygen atoms in total. The van der Waals surface area contributed by atoms with Gasteiger partial charge in [-0.25, -0.2) is 14.8 Å². The highest BCUT2D eigenvalue weighted by molar-refractivity contribution is 6.67. The lowest BCUT2D eigenvalue weighted by atomic mass is 10.0. The molecular weight excluding hydrogens is 1680 g/mol. The quantitative estimate of drug-likeness (QED) is 0.0125. The maximum Gasteiger partial charge on any atom is 0.407 e. The highest BCUT2D eigenvalue weighted by Crippen LogP contribution is 2.39. The van der Waals surface area contributed by atoms with E-state index in [0.29, 0.717) is 49.0 Å². The molecule has 2 aliphatic rings. The van der Waals surface area contributed by atoms with E-state index < -0.39 is 107 Å². The van der Waals surface area contributed by atoms with Crippen LogP contribution in [0.3, 0.4) is 0 Å². The van der Waals surface area contributed by atoms with Crippen LogP contribution in [0.5, 0.6) is 0 Å². The molecule has 34 heteroatoms. The van der Waals surface area contributed by atoms with Crippen molar-refractivity contribution in [3.8, 4) is 44.5 Å². The minimum absolute atomic E-state index is 0.0197. The Morgan fingerprint density at radius 3 is 1.29 bits per heavy atom. The Bertz CT molecular complexity index is 5360. The number of aromatic amines is 2.